The first-order valence-electron chi connectivity index (χ1n) is 12.0. The number of amidine groups is 1. The highest BCUT2D eigenvalue weighted by Crippen LogP contribution is 2.39. The molecular weight excluding hydrogens is 458 g/mol. The Labute approximate surface area is 210 Å². The van der Waals surface area contributed by atoms with Crippen LogP contribution in [-0.4, -0.2) is 32.5 Å². The second-order valence-corrected chi connectivity index (χ2v) is 10.3. The summed E-state index contributed by atoms with van der Waals surface area (Å²) < 4.78 is 13.6. The van der Waals surface area contributed by atoms with E-state index in [1.807, 2.05) is 67.8 Å². The maximum Gasteiger partial charge on any atom is 0.346 e. The number of benzene rings is 1. The van der Waals surface area contributed by atoms with Crippen molar-refractivity contribution < 1.29 is 14.3 Å². The molecule has 0 saturated heterocycles. The lowest BCUT2D eigenvalue weighted by Gasteiger charge is -2.32. The number of carbonyl (C=O) groups is 1. The smallest absolute Gasteiger partial charge is 0.346 e. The fraction of sp³-hybridized carbons (Fsp3) is 0.423. The fourth-order valence-electron chi connectivity index (χ4n) is 4.10. The Kier molecular flexibility index (Phi) is 6.96. The average molecular weight is 492 g/mol. The molecule has 2 aromatic heterocycles. The minimum Gasteiger partial charge on any atom is -0.484 e. The molecule has 2 heterocycles. The summed E-state index contributed by atoms with van der Waals surface area (Å²) in [4.78, 5) is 16.3. The van der Waals surface area contributed by atoms with E-state index in [9.17, 15) is 4.79 Å². The van der Waals surface area contributed by atoms with Gasteiger partial charge in [-0.25, -0.2) is 4.79 Å². The van der Waals surface area contributed by atoms with Gasteiger partial charge in [-0.3, -0.25) is 9.81 Å². The van der Waals surface area contributed by atoms with Gasteiger partial charge in [0.2, 0.25) is 0 Å². The molecule has 10 heteroatoms. The lowest BCUT2D eigenvalue weighted by Crippen LogP contribution is -2.34. The molecule has 2 amide bonds. The molecule has 2 atom stereocenters. The maximum atomic E-state index is 12.5. The van der Waals surface area contributed by atoms with Crippen LogP contribution in [0.3, 0.4) is 0 Å². The number of carbonyl (C=O) groups excluding carboxylic acids is 1. The van der Waals surface area contributed by atoms with Gasteiger partial charge in [-0.2, -0.15) is 0 Å². The fourth-order valence-corrected chi connectivity index (χ4v) is 4.10. The van der Waals surface area contributed by atoms with Crippen LogP contribution in [0.4, 0.5) is 4.79 Å². The Bertz CT molecular complexity index is 1310. The van der Waals surface area contributed by atoms with Crippen LogP contribution < -0.4 is 15.8 Å². The number of amides is 2. The lowest BCUT2D eigenvalue weighted by molar-refractivity contribution is 0.171. The van der Waals surface area contributed by atoms with Crippen molar-refractivity contribution in [3.05, 3.63) is 59.5 Å². The third kappa shape index (κ3) is 5.48. The number of rotatable bonds is 4. The van der Waals surface area contributed by atoms with Crippen molar-refractivity contribution in [1.29, 1.82) is 5.41 Å². The monoisotopic (exact) mass is 491 g/mol. The zero-order valence-corrected chi connectivity index (χ0v) is 21.3. The average Bonchev–Trinajstić information content (AvgIpc) is 3.23. The number of ether oxygens (including phenoxy) is 2. The SMILES string of the molecule is CC(C)c1nnc2ccc(OC3CCC(NC(=O)N=C(N)OC(=N)C(C)(C)C)c4ccccc43)cn12. The zero-order chi connectivity index (χ0) is 26.0. The molecule has 1 aliphatic carbocycles. The number of hydrogen-bond acceptors (Lipinski definition) is 6. The van der Waals surface area contributed by atoms with Crippen molar-refractivity contribution in [2.45, 2.75) is 65.5 Å². The van der Waals surface area contributed by atoms with Crippen LogP contribution in [0.5, 0.6) is 5.75 Å². The van der Waals surface area contributed by atoms with Gasteiger partial charge in [0, 0.05) is 11.3 Å². The molecule has 3 aromatic rings. The summed E-state index contributed by atoms with van der Waals surface area (Å²) in [7, 11) is 0. The van der Waals surface area contributed by atoms with Crippen molar-refractivity contribution in [3.8, 4) is 5.75 Å². The van der Waals surface area contributed by atoms with E-state index < -0.39 is 11.4 Å². The number of nitrogens with one attached hydrogen (secondary N) is 2. The number of nitrogens with zero attached hydrogens (tertiary/aromatic N) is 4. The molecule has 1 aromatic carbocycles. The first kappa shape index (κ1) is 25.2. The quantitative estimate of drug-likeness (QED) is 0.351. The van der Waals surface area contributed by atoms with E-state index in [4.69, 9.17) is 20.6 Å². The topological polar surface area (TPSA) is 140 Å². The number of pyridine rings is 1. The van der Waals surface area contributed by atoms with E-state index in [0.717, 1.165) is 28.3 Å². The summed E-state index contributed by atoms with van der Waals surface area (Å²) in [6.07, 6.45) is 3.11. The number of nitrogens with two attached hydrogens (primary N) is 1. The van der Waals surface area contributed by atoms with Gasteiger partial charge in [0.25, 0.3) is 6.02 Å². The summed E-state index contributed by atoms with van der Waals surface area (Å²) in [5, 5.41) is 19.3. The van der Waals surface area contributed by atoms with Gasteiger partial charge in [0.15, 0.2) is 11.5 Å². The standard InChI is InChI=1S/C26H33N7O3/c1-15(2)22-32-31-21-13-10-16(14-33(21)22)35-20-12-11-19(17-8-6-7-9-18(17)20)29-25(34)30-24(28)36-23(27)26(3,4)5/h6-10,13-15,19-20,27H,11-12H2,1-5H3,(H3,28,29,30,34). The first-order valence-corrected chi connectivity index (χ1v) is 12.0. The highest BCUT2D eigenvalue weighted by molar-refractivity contribution is 5.96. The molecule has 190 valence electrons. The van der Waals surface area contributed by atoms with E-state index in [1.54, 1.807) is 0 Å². The minimum atomic E-state index is -0.618. The highest BCUT2D eigenvalue weighted by Gasteiger charge is 2.30. The van der Waals surface area contributed by atoms with Gasteiger partial charge >= 0.3 is 6.03 Å². The Morgan fingerprint density at radius 2 is 1.89 bits per heavy atom. The van der Waals surface area contributed by atoms with E-state index in [0.29, 0.717) is 12.8 Å². The maximum absolute atomic E-state index is 12.5. The summed E-state index contributed by atoms with van der Waals surface area (Å²) in [6.45, 7) is 9.60. The number of hydrogen-bond donors (Lipinski definition) is 3. The minimum absolute atomic E-state index is 0.0651. The molecule has 2 unspecified atom stereocenters. The van der Waals surface area contributed by atoms with Crippen molar-refractivity contribution in [1.82, 2.24) is 19.9 Å². The number of fused-ring (bicyclic) bond motifs is 2. The van der Waals surface area contributed by atoms with Gasteiger partial charge < -0.3 is 20.5 Å². The molecule has 0 aliphatic heterocycles. The number of aliphatic imine (C=N–C) groups is 1. The molecule has 0 radical (unpaired) electrons. The Balaban J connectivity index is 1.49. The van der Waals surface area contributed by atoms with Crippen molar-refractivity contribution in [3.63, 3.8) is 0 Å². The molecule has 1 aliphatic rings. The Morgan fingerprint density at radius 1 is 1.17 bits per heavy atom. The predicted molar refractivity (Wildman–Crippen MR) is 137 cm³/mol. The first-order chi connectivity index (χ1) is 17.0. The number of aromatic nitrogens is 3. The molecule has 10 nitrogen and oxygen atoms in total. The van der Waals surface area contributed by atoms with Gasteiger partial charge in [0.1, 0.15) is 17.7 Å². The highest BCUT2D eigenvalue weighted by atomic mass is 16.5. The van der Waals surface area contributed by atoms with E-state index >= 15 is 0 Å². The van der Waals surface area contributed by atoms with Crippen LogP contribution >= 0.6 is 0 Å². The molecule has 4 rings (SSSR count). The molecule has 0 bridgehead atoms. The molecular formula is C26H33N7O3. The summed E-state index contributed by atoms with van der Waals surface area (Å²) in [5.74, 6) is 1.77. The molecule has 36 heavy (non-hydrogen) atoms. The normalized spacial score (nSPS) is 18.1. The Morgan fingerprint density at radius 3 is 2.58 bits per heavy atom. The van der Waals surface area contributed by atoms with Crippen molar-refractivity contribution >= 4 is 23.6 Å². The third-order valence-corrected chi connectivity index (χ3v) is 6.03. The van der Waals surface area contributed by atoms with Crippen LogP contribution in [0.2, 0.25) is 0 Å². The van der Waals surface area contributed by atoms with E-state index in [2.05, 4.69) is 34.4 Å². The van der Waals surface area contributed by atoms with Gasteiger partial charge in [-0.1, -0.05) is 58.9 Å². The van der Waals surface area contributed by atoms with Crippen LogP contribution in [0.25, 0.3) is 5.65 Å². The van der Waals surface area contributed by atoms with Crippen molar-refractivity contribution in [2.75, 3.05) is 0 Å². The molecule has 0 spiro atoms. The van der Waals surface area contributed by atoms with E-state index in [-0.39, 0.29) is 30.0 Å². The largest absolute Gasteiger partial charge is 0.484 e. The summed E-state index contributed by atoms with van der Waals surface area (Å²) >= 11 is 0. The predicted octanol–water partition coefficient (Wildman–Crippen LogP) is 4.87. The molecule has 4 N–H and O–H groups in total. The van der Waals surface area contributed by atoms with E-state index in [1.165, 1.54) is 0 Å². The Hall–Kier alpha value is -3.95. The number of urea groups is 1. The summed E-state index contributed by atoms with van der Waals surface area (Å²) in [5.41, 5.74) is 7.94. The molecule has 0 saturated carbocycles. The van der Waals surface area contributed by atoms with Crippen LogP contribution in [0.1, 0.15) is 82.5 Å². The third-order valence-electron chi connectivity index (χ3n) is 6.03. The van der Waals surface area contributed by atoms with Crippen molar-refractivity contribution in [2.24, 2.45) is 16.1 Å². The lowest BCUT2D eigenvalue weighted by atomic mass is 9.85. The van der Waals surface area contributed by atoms with Gasteiger partial charge in [-0.15, -0.1) is 15.2 Å². The second-order valence-electron chi connectivity index (χ2n) is 10.3. The van der Waals surface area contributed by atoms with Crippen LogP contribution in [-0.2, 0) is 4.74 Å². The van der Waals surface area contributed by atoms with Crippen LogP contribution in [0, 0.1) is 10.8 Å². The van der Waals surface area contributed by atoms with Gasteiger partial charge in [-0.05, 0) is 36.1 Å². The van der Waals surface area contributed by atoms with Crippen LogP contribution in [0.15, 0.2) is 47.6 Å². The summed E-state index contributed by atoms with van der Waals surface area (Å²) in [6, 6.07) is 10.5. The molecule has 0 fully saturated rings. The zero-order valence-electron chi connectivity index (χ0n) is 21.3. The second kappa shape index (κ2) is 9.96. The van der Waals surface area contributed by atoms with Gasteiger partial charge in [0.05, 0.1) is 12.2 Å².